The lowest BCUT2D eigenvalue weighted by Crippen LogP contribution is -2.11. The maximum Gasteiger partial charge on any atom is 0.241 e. The molecule has 0 spiro atoms. The lowest BCUT2D eigenvalue weighted by Gasteiger charge is -2.06. The quantitative estimate of drug-likeness (QED) is 0.909. The molecule has 1 aliphatic rings. The second-order valence-electron chi connectivity index (χ2n) is 4.73. The zero-order valence-electron chi connectivity index (χ0n) is 10.6. The lowest BCUT2D eigenvalue weighted by molar-refractivity contribution is 0.690. The molecule has 0 radical (unpaired) electrons. The van der Waals surface area contributed by atoms with Crippen LogP contribution in [-0.2, 0) is 0 Å². The maximum absolute atomic E-state index is 5.93. The Morgan fingerprint density at radius 2 is 2.32 bits per heavy atom. The first kappa shape index (κ1) is 12.3. The van der Waals surface area contributed by atoms with E-state index in [1.54, 1.807) is 23.3 Å². The molecule has 2 atom stereocenters. The minimum atomic E-state index is 0.189. The van der Waals surface area contributed by atoms with Crippen molar-refractivity contribution >= 4 is 17.5 Å². The molecule has 0 aliphatic heterocycles. The van der Waals surface area contributed by atoms with Crippen molar-refractivity contribution in [2.45, 2.75) is 32.2 Å². The predicted molar refractivity (Wildman–Crippen MR) is 72.4 cm³/mol. The molecule has 100 valence electrons. The Morgan fingerprint density at radius 1 is 1.42 bits per heavy atom. The van der Waals surface area contributed by atoms with Crippen LogP contribution >= 0.6 is 11.6 Å². The molecule has 2 aromatic rings. The normalized spacial score (nSPS) is 21.4. The summed E-state index contributed by atoms with van der Waals surface area (Å²) in [6, 6.07) is 0.467. The number of hydrogen-bond acceptors (Lipinski definition) is 5. The highest BCUT2D eigenvalue weighted by Crippen LogP contribution is 2.36. The summed E-state index contributed by atoms with van der Waals surface area (Å²) in [5.74, 6) is 1.75. The van der Waals surface area contributed by atoms with Gasteiger partial charge in [-0.3, -0.25) is 4.57 Å². The minimum Gasteiger partial charge on any atom is -0.351 e. The van der Waals surface area contributed by atoms with Gasteiger partial charge in [0, 0.05) is 18.4 Å². The number of anilines is 1. The Kier molecular flexibility index (Phi) is 3.33. The Hall–Kier alpha value is -1.69. The SMILES string of the molecule is CCCC1CC1Nc1nc(Cl)nc(-n2ccnc2)n1. The molecule has 2 unspecified atom stereocenters. The van der Waals surface area contributed by atoms with Crippen molar-refractivity contribution in [2.24, 2.45) is 5.92 Å². The van der Waals surface area contributed by atoms with Crippen LogP contribution in [0.1, 0.15) is 26.2 Å². The molecule has 1 saturated carbocycles. The van der Waals surface area contributed by atoms with Crippen LogP contribution < -0.4 is 5.32 Å². The van der Waals surface area contributed by atoms with Crippen molar-refractivity contribution in [1.29, 1.82) is 0 Å². The first-order valence-electron chi connectivity index (χ1n) is 6.42. The van der Waals surface area contributed by atoms with Gasteiger partial charge in [0.15, 0.2) is 0 Å². The molecule has 7 heteroatoms. The van der Waals surface area contributed by atoms with Crippen molar-refractivity contribution in [3.63, 3.8) is 0 Å². The summed E-state index contributed by atoms with van der Waals surface area (Å²) in [7, 11) is 0. The molecule has 0 aromatic carbocycles. The predicted octanol–water partition coefficient (Wildman–Crippen LogP) is 2.31. The number of nitrogens with zero attached hydrogens (tertiary/aromatic N) is 5. The monoisotopic (exact) mass is 278 g/mol. The number of hydrogen-bond donors (Lipinski definition) is 1. The second kappa shape index (κ2) is 5.13. The van der Waals surface area contributed by atoms with Crippen LogP contribution in [0.15, 0.2) is 18.7 Å². The minimum absolute atomic E-state index is 0.189. The smallest absolute Gasteiger partial charge is 0.241 e. The highest BCUT2D eigenvalue weighted by atomic mass is 35.5. The van der Waals surface area contributed by atoms with Crippen LogP contribution in [0.4, 0.5) is 5.95 Å². The van der Waals surface area contributed by atoms with Gasteiger partial charge < -0.3 is 5.32 Å². The largest absolute Gasteiger partial charge is 0.351 e. The standard InChI is InChI=1S/C12H15ClN6/c1-2-3-8-6-9(8)15-11-16-10(13)17-12(18-11)19-5-4-14-7-19/h4-5,7-9H,2-3,6H2,1H3,(H,15,16,17,18). The van der Waals surface area contributed by atoms with Crippen LogP contribution in [0, 0.1) is 5.92 Å². The molecule has 1 aliphatic carbocycles. The van der Waals surface area contributed by atoms with Crippen LogP contribution in [-0.4, -0.2) is 30.5 Å². The lowest BCUT2D eigenvalue weighted by atomic mass is 10.2. The third-order valence-electron chi connectivity index (χ3n) is 3.23. The molecule has 3 rings (SSSR count). The van der Waals surface area contributed by atoms with Gasteiger partial charge in [-0.1, -0.05) is 13.3 Å². The molecule has 19 heavy (non-hydrogen) atoms. The van der Waals surface area contributed by atoms with Crippen molar-refractivity contribution < 1.29 is 0 Å². The van der Waals surface area contributed by atoms with E-state index in [0.717, 1.165) is 5.92 Å². The summed E-state index contributed by atoms with van der Waals surface area (Å²) in [4.78, 5) is 16.5. The fourth-order valence-electron chi connectivity index (χ4n) is 2.18. The molecule has 6 nitrogen and oxygen atoms in total. The highest BCUT2D eigenvalue weighted by molar-refractivity contribution is 6.28. The zero-order chi connectivity index (χ0) is 13.2. The van der Waals surface area contributed by atoms with Gasteiger partial charge in [-0.05, 0) is 30.4 Å². The van der Waals surface area contributed by atoms with E-state index in [0.29, 0.717) is 17.9 Å². The van der Waals surface area contributed by atoms with E-state index >= 15 is 0 Å². The average Bonchev–Trinajstić information content (AvgIpc) is 2.92. The van der Waals surface area contributed by atoms with Gasteiger partial charge in [0.05, 0.1) is 0 Å². The third kappa shape index (κ3) is 2.84. The first-order chi connectivity index (χ1) is 9.26. The summed E-state index contributed by atoms with van der Waals surface area (Å²) < 4.78 is 1.70. The van der Waals surface area contributed by atoms with E-state index in [9.17, 15) is 0 Å². The molecule has 1 N–H and O–H groups in total. The summed E-state index contributed by atoms with van der Waals surface area (Å²) in [5, 5.41) is 3.50. The van der Waals surface area contributed by atoms with Gasteiger partial charge in [-0.2, -0.15) is 15.0 Å². The van der Waals surface area contributed by atoms with Crippen LogP contribution in [0.5, 0.6) is 0 Å². The van der Waals surface area contributed by atoms with Crippen molar-refractivity contribution in [2.75, 3.05) is 5.32 Å². The first-order valence-corrected chi connectivity index (χ1v) is 6.80. The fraction of sp³-hybridized carbons (Fsp3) is 0.500. The Morgan fingerprint density at radius 3 is 3.05 bits per heavy atom. The van der Waals surface area contributed by atoms with Crippen LogP contribution in [0.25, 0.3) is 5.95 Å². The van der Waals surface area contributed by atoms with E-state index in [-0.39, 0.29) is 5.28 Å². The number of halogens is 1. The van der Waals surface area contributed by atoms with Gasteiger partial charge in [-0.15, -0.1) is 0 Å². The zero-order valence-corrected chi connectivity index (χ0v) is 11.4. The molecule has 0 saturated heterocycles. The number of rotatable bonds is 5. The summed E-state index contributed by atoms with van der Waals surface area (Å²) >= 11 is 5.93. The van der Waals surface area contributed by atoms with E-state index in [4.69, 9.17) is 11.6 Å². The Labute approximate surface area is 116 Å². The second-order valence-corrected chi connectivity index (χ2v) is 5.07. The summed E-state index contributed by atoms with van der Waals surface area (Å²) in [6.07, 6.45) is 8.70. The van der Waals surface area contributed by atoms with E-state index in [1.807, 2.05) is 0 Å². The van der Waals surface area contributed by atoms with E-state index in [2.05, 4.69) is 32.2 Å². The molecular weight excluding hydrogens is 264 g/mol. The number of imidazole rings is 1. The van der Waals surface area contributed by atoms with Crippen molar-refractivity contribution in [3.05, 3.63) is 24.0 Å². The van der Waals surface area contributed by atoms with Crippen LogP contribution in [0.3, 0.4) is 0 Å². The number of nitrogens with one attached hydrogen (secondary N) is 1. The van der Waals surface area contributed by atoms with E-state index in [1.165, 1.54) is 19.3 Å². The van der Waals surface area contributed by atoms with E-state index < -0.39 is 0 Å². The van der Waals surface area contributed by atoms with Gasteiger partial charge in [0.2, 0.25) is 17.2 Å². The van der Waals surface area contributed by atoms with Gasteiger partial charge in [-0.25, -0.2) is 4.98 Å². The molecule has 0 bridgehead atoms. The van der Waals surface area contributed by atoms with Gasteiger partial charge in [0.25, 0.3) is 0 Å². The molecule has 2 aromatic heterocycles. The highest BCUT2D eigenvalue weighted by Gasteiger charge is 2.36. The topological polar surface area (TPSA) is 68.5 Å². The third-order valence-corrected chi connectivity index (χ3v) is 3.40. The Bertz CT molecular complexity index is 555. The molecule has 0 amide bonds. The van der Waals surface area contributed by atoms with Gasteiger partial charge in [0.1, 0.15) is 6.33 Å². The summed E-state index contributed by atoms with van der Waals surface area (Å²) in [6.45, 7) is 2.20. The van der Waals surface area contributed by atoms with Gasteiger partial charge >= 0.3 is 0 Å². The maximum atomic E-state index is 5.93. The molecule has 2 heterocycles. The molecular formula is C12H15ClN6. The number of aromatic nitrogens is 5. The van der Waals surface area contributed by atoms with Crippen molar-refractivity contribution in [3.8, 4) is 5.95 Å². The fourth-order valence-corrected chi connectivity index (χ4v) is 2.33. The average molecular weight is 279 g/mol. The molecule has 1 fully saturated rings. The summed E-state index contributed by atoms with van der Waals surface area (Å²) in [5.41, 5.74) is 0. The van der Waals surface area contributed by atoms with Crippen LogP contribution in [0.2, 0.25) is 5.28 Å². The van der Waals surface area contributed by atoms with Crippen molar-refractivity contribution in [1.82, 2.24) is 24.5 Å². The Balaban J connectivity index is 1.76.